The second kappa shape index (κ2) is 14.1. The maximum atomic E-state index is 14.1. The first-order valence-corrected chi connectivity index (χ1v) is 16.4. The summed E-state index contributed by atoms with van der Waals surface area (Å²) in [6.07, 6.45) is 4.98. The lowest BCUT2D eigenvalue weighted by atomic mass is 9.95. The molecular formula is C31H34Cl3N3O4S. The molecule has 1 aliphatic rings. The summed E-state index contributed by atoms with van der Waals surface area (Å²) >= 11 is 18.6. The lowest BCUT2D eigenvalue weighted by molar-refractivity contribution is -0.139. The minimum Gasteiger partial charge on any atom is -0.352 e. The summed E-state index contributed by atoms with van der Waals surface area (Å²) < 4.78 is 28.9. The standard InChI is InChI=1S/C31H34Cl3N3O4S/c1-21-7-6-10-27(17-21)37(42(40,41)28-15-13-24(32)14-16-28)20-30(38)36(19-23-11-12-25(33)18-29(23)34)22(2)31(39)35-26-8-4-3-5-9-26/h6-7,10-18,22,26H,3-5,8-9,19-20H2,1-2H3,(H,35,39)/t22-/m1/s1. The number of nitrogens with zero attached hydrogens (tertiary/aromatic N) is 2. The number of hydrogen-bond acceptors (Lipinski definition) is 4. The van der Waals surface area contributed by atoms with Crippen molar-refractivity contribution in [2.75, 3.05) is 10.8 Å². The second-order valence-corrected chi connectivity index (χ2v) is 13.7. The molecule has 0 unspecified atom stereocenters. The van der Waals surface area contributed by atoms with Gasteiger partial charge in [-0.2, -0.15) is 0 Å². The minimum atomic E-state index is -4.19. The first kappa shape index (κ1) is 32.1. The van der Waals surface area contributed by atoms with E-state index in [9.17, 15) is 18.0 Å². The quantitative estimate of drug-likeness (QED) is 0.256. The topological polar surface area (TPSA) is 86.8 Å². The van der Waals surface area contributed by atoms with Crippen molar-refractivity contribution >= 4 is 62.3 Å². The molecule has 0 saturated heterocycles. The molecule has 11 heteroatoms. The number of carbonyl (C=O) groups is 2. The van der Waals surface area contributed by atoms with Crippen molar-refractivity contribution in [1.82, 2.24) is 10.2 Å². The van der Waals surface area contributed by atoms with Crippen LogP contribution in [0, 0.1) is 6.92 Å². The summed E-state index contributed by atoms with van der Waals surface area (Å²) in [6, 6.07) is 16.7. The molecule has 3 aromatic rings. The van der Waals surface area contributed by atoms with Gasteiger partial charge in [-0.1, -0.05) is 72.3 Å². The van der Waals surface area contributed by atoms with Crippen LogP contribution in [0.3, 0.4) is 0 Å². The van der Waals surface area contributed by atoms with Crippen molar-refractivity contribution in [2.45, 2.75) is 69.5 Å². The van der Waals surface area contributed by atoms with Gasteiger partial charge in [0, 0.05) is 27.7 Å². The predicted octanol–water partition coefficient (Wildman–Crippen LogP) is 7.02. The van der Waals surface area contributed by atoms with E-state index >= 15 is 0 Å². The summed E-state index contributed by atoms with van der Waals surface area (Å²) in [5.41, 5.74) is 1.72. The van der Waals surface area contributed by atoms with Gasteiger partial charge in [-0.3, -0.25) is 13.9 Å². The summed E-state index contributed by atoms with van der Waals surface area (Å²) in [5, 5.41) is 4.24. The van der Waals surface area contributed by atoms with Gasteiger partial charge in [0.25, 0.3) is 10.0 Å². The molecule has 0 radical (unpaired) electrons. The molecule has 3 aromatic carbocycles. The number of aryl methyl sites for hydroxylation is 1. The van der Waals surface area contributed by atoms with E-state index in [0.29, 0.717) is 26.3 Å². The zero-order chi connectivity index (χ0) is 30.4. The zero-order valence-corrected chi connectivity index (χ0v) is 26.6. The number of carbonyl (C=O) groups excluding carboxylic acids is 2. The fourth-order valence-corrected chi connectivity index (χ4v) is 7.03. The Hall–Kier alpha value is -2.78. The second-order valence-electron chi connectivity index (χ2n) is 10.6. The molecular weight excluding hydrogens is 617 g/mol. The normalized spacial score (nSPS) is 14.7. The highest BCUT2D eigenvalue weighted by atomic mass is 35.5. The van der Waals surface area contributed by atoms with Crippen LogP contribution in [0.2, 0.25) is 15.1 Å². The minimum absolute atomic E-state index is 0.0170. The van der Waals surface area contributed by atoms with Crippen molar-refractivity contribution in [3.63, 3.8) is 0 Å². The Balaban J connectivity index is 1.69. The van der Waals surface area contributed by atoms with Crippen LogP contribution >= 0.6 is 34.8 Å². The summed E-state index contributed by atoms with van der Waals surface area (Å²) in [5.74, 6) is -0.866. The lowest BCUT2D eigenvalue weighted by Crippen LogP contribution is -2.53. The molecule has 224 valence electrons. The molecule has 0 aliphatic heterocycles. The SMILES string of the molecule is Cc1cccc(N(CC(=O)N(Cc2ccc(Cl)cc2Cl)[C@H](C)C(=O)NC2CCCCC2)S(=O)(=O)c2ccc(Cl)cc2)c1. The van der Waals surface area contributed by atoms with Gasteiger partial charge in [-0.05, 0) is 86.3 Å². The highest BCUT2D eigenvalue weighted by Crippen LogP contribution is 2.28. The number of benzene rings is 3. The van der Waals surface area contributed by atoms with E-state index in [0.717, 1.165) is 42.0 Å². The maximum absolute atomic E-state index is 14.1. The van der Waals surface area contributed by atoms with Gasteiger partial charge in [0.15, 0.2) is 0 Å². The Morgan fingerprint density at radius 3 is 2.24 bits per heavy atom. The molecule has 1 atom stereocenters. The van der Waals surface area contributed by atoms with E-state index in [4.69, 9.17) is 34.8 Å². The Morgan fingerprint density at radius 1 is 0.929 bits per heavy atom. The third-order valence-corrected chi connectivity index (χ3v) is 10.1. The highest BCUT2D eigenvalue weighted by molar-refractivity contribution is 7.92. The molecule has 42 heavy (non-hydrogen) atoms. The van der Waals surface area contributed by atoms with E-state index in [1.165, 1.54) is 29.2 Å². The van der Waals surface area contributed by atoms with Crippen molar-refractivity contribution < 1.29 is 18.0 Å². The molecule has 1 N–H and O–H groups in total. The van der Waals surface area contributed by atoms with Crippen molar-refractivity contribution in [3.05, 3.63) is 92.9 Å². The monoisotopic (exact) mass is 649 g/mol. The Morgan fingerprint density at radius 2 is 1.60 bits per heavy atom. The number of amides is 2. The van der Waals surface area contributed by atoms with Crippen LogP contribution in [-0.4, -0.2) is 43.8 Å². The van der Waals surface area contributed by atoms with Crippen LogP contribution < -0.4 is 9.62 Å². The van der Waals surface area contributed by atoms with Crippen molar-refractivity contribution in [3.8, 4) is 0 Å². The van der Waals surface area contributed by atoms with Crippen LogP contribution in [0.25, 0.3) is 0 Å². The van der Waals surface area contributed by atoms with Crippen LogP contribution in [-0.2, 0) is 26.2 Å². The van der Waals surface area contributed by atoms with Crippen LogP contribution in [0.1, 0.15) is 50.2 Å². The third kappa shape index (κ3) is 7.98. The zero-order valence-electron chi connectivity index (χ0n) is 23.5. The molecule has 0 aromatic heterocycles. The van der Waals surface area contributed by atoms with E-state index in [-0.39, 0.29) is 23.4 Å². The molecule has 4 rings (SSSR count). The Kier molecular flexibility index (Phi) is 10.8. The summed E-state index contributed by atoms with van der Waals surface area (Å²) in [7, 11) is -4.19. The molecule has 2 amide bonds. The first-order chi connectivity index (χ1) is 20.0. The van der Waals surface area contributed by atoms with E-state index in [2.05, 4.69) is 5.32 Å². The fourth-order valence-electron chi connectivity index (χ4n) is 5.03. The van der Waals surface area contributed by atoms with Gasteiger partial charge in [0.1, 0.15) is 12.6 Å². The number of anilines is 1. The number of nitrogens with one attached hydrogen (secondary N) is 1. The fraction of sp³-hybridized carbons (Fsp3) is 0.355. The molecule has 1 aliphatic carbocycles. The smallest absolute Gasteiger partial charge is 0.264 e. The van der Waals surface area contributed by atoms with Crippen LogP contribution in [0.4, 0.5) is 5.69 Å². The van der Waals surface area contributed by atoms with Crippen LogP contribution in [0.15, 0.2) is 71.6 Å². The number of sulfonamides is 1. The van der Waals surface area contributed by atoms with Gasteiger partial charge >= 0.3 is 0 Å². The van der Waals surface area contributed by atoms with Gasteiger partial charge in [0.05, 0.1) is 10.6 Å². The Labute approximate surface area is 262 Å². The summed E-state index contributed by atoms with van der Waals surface area (Å²) in [4.78, 5) is 28.9. The highest BCUT2D eigenvalue weighted by Gasteiger charge is 2.33. The average molecular weight is 651 g/mol. The molecule has 1 fully saturated rings. The number of halogens is 3. The largest absolute Gasteiger partial charge is 0.352 e. The lowest BCUT2D eigenvalue weighted by Gasteiger charge is -2.33. The third-order valence-electron chi connectivity index (χ3n) is 7.44. The van der Waals surface area contributed by atoms with Crippen molar-refractivity contribution in [2.24, 2.45) is 0 Å². The summed E-state index contributed by atoms with van der Waals surface area (Å²) in [6.45, 7) is 2.92. The van der Waals surface area contributed by atoms with Crippen molar-refractivity contribution in [1.29, 1.82) is 0 Å². The molecule has 0 bridgehead atoms. The van der Waals surface area contributed by atoms with Gasteiger partial charge < -0.3 is 10.2 Å². The molecule has 0 heterocycles. The van der Waals surface area contributed by atoms with Gasteiger partial charge in [-0.25, -0.2) is 8.42 Å². The van der Waals surface area contributed by atoms with Gasteiger partial charge in [-0.15, -0.1) is 0 Å². The molecule has 7 nitrogen and oxygen atoms in total. The van der Waals surface area contributed by atoms with E-state index < -0.39 is 28.5 Å². The van der Waals surface area contributed by atoms with Gasteiger partial charge in [0.2, 0.25) is 11.8 Å². The van der Waals surface area contributed by atoms with E-state index in [1.807, 2.05) is 13.0 Å². The van der Waals surface area contributed by atoms with E-state index in [1.54, 1.807) is 43.3 Å². The number of rotatable bonds is 10. The number of hydrogen-bond donors (Lipinski definition) is 1. The molecule has 1 saturated carbocycles. The first-order valence-electron chi connectivity index (χ1n) is 13.8. The average Bonchev–Trinajstić information content (AvgIpc) is 2.95. The predicted molar refractivity (Wildman–Crippen MR) is 169 cm³/mol. The van der Waals surface area contributed by atoms with Crippen LogP contribution in [0.5, 0.6) is 0 Å². The molecule has 0 spiro atoms. The maximum Gasteiger partial charge on any atom is 0.264 e. The Bertz CT molecular complexity index is 1530.